The van der Waals surface area contributed by atoms with Crippen LogP contribution in [0.5, 0.6) is 5.75 Å². The summed E-state index contributed by atoms with van der Waals surface area (Å²) >= 11 is 0. The van der Waals surface area contributed by atoms with E-state index >= 15 is 0 Å². The van der Waals surface area contributed by atoms with Gasteiger partial charge < -0.3 is 19.4 Å². The summed E-state index contributed by atoms with van der Waals surface area (Å²) in [6.07, 6.45) is 0.647. The van der Waals surface area contributed by atoms with E-state index in [0.29, 0.717) is 28.8 Å². The number of aryl methyl sites for hydroxylation is 1. The first-order valence-corrected chi connectivity index (χ1v) is 9.11. The van der Waals surface area contributed by atoms with Crippen molar-refractivity contribution in [2.75, 3.05) is 26.5 Å². The van der Waals surface area contributed by atoms with Crippen LogP contribution in [0, 0.1) is 0 Å². The van der Waals surface area contributed by atoms with Crippen molar-refractivity contribution < 1.29 is 13.9 Å². The lowest BCUT2D eigenvalue weighted by Gasteiger charge is -2.11. The zero-order chi connectivity index (χ0) is 20.3. The highest BCUT2D eigenvalue weighted by Gasteiger charge is 2.17. The minimum atomic E-state index is -0.669. The van der Waals surface area contributed by atoms with Gasteiger partial charge in [0.25, 0.3) is 5.91 Å². The SMILES string of the molecule is CCc1c(OC)ccc2cc(C(=O)Nc3ccc(CN(C)C)cc3)c(=O)oc12. The Labute approximate surface area is 163 Å². The molecule has 0 unspecified atom stereocenters. The Bertz CT molecular complexity index is 1050. The molecule has 146 valence electrons. The smallest absolute Gasteiger partial charge is 0.349 e. The fourth-order valence-electron chi connectivity index (χ4n) is 3.17. The lowest BCUT2D eigenvalue weighted by Crippen LogP contribution is -2.21. The summed E-state index contributed by atoms with van der Waals surface area (Å²) in [6, 6.07) is 12.7. The van der Waals surface area contributed by atoms with Crippen molar-refractivity contribution in [3.8, 4) is 5.75 Å². The summed E-state index contributed by atoms with van der Waals surface area (Å²) in [5.74, 6) is 0.165. The van der Waals surface area contributed by atoms with E-state index in [4.69, 9.17) is 9.15 Å². The highest BCUT2D eigenvalue weighted by Crippen LogP contribution is 2.28. The summed E-state index contributed by atoms with van der Waals surface area (Å²) in [4.78, 5) is 27.1. The molecule has 0 fully saturated rings. The molecule has 0 atom stereocenters. The Balaban J connectivity index is 1.89. The second kappa shape index (κ2) is 8.27. The van der Waals surface area contributed by atoms with Crippen molar-refractivity contribution in [2.45, 2.75) is 19.9 Å². The van der Waals surface area contributed by atoms with Crippen LogP contribution in [0.25, 0.3) is 11.0 Å². The van der Waals surface area contributed by atoms with Gasteiger partial charge in [-0.1, -0.05) is 19.1 Å². The molecule has 2 aromatic carbocycles. The Kier molecular flexibility index (Phi) is 5.80. The number of rotatable bonds is 6. The van der Waals surface area contributed by atoms with Gasteiger partial charge in [0.05, 0.1) is 7.11 Å². The molecule has 6 nitrogen and oxygen atoms in total. The number of amides is 1. The molecule has 1 heterocycles. The number of hydrogen-bond acceptors (Lipinski definition) is 5. The predicted octanol–water partition coefficient (Wildman–Crippen LogP) is 3.68. The van der Waals surface area contributed by atoms with E-state index < -0.39 is 11.5 Å². The monoisotopic (exact) mass is 380 g/mol. The molecule has 0 aliphatic carbocycles. The standard InChI is InChI=1S/C22H24N2O4/c1-5-17-19(27-4)11-8-15-12-18(22(26)28-20(15)17)21(25)23-16-9-6-14(7-10-16)13-24(2)3/h6-12H,5,13H2,1-4H3,(H,23,25). The number of carbonyl (C=O) groups excluding carboxylic acids is 1. The maximum Gasteiger partial charge on any atom is 0.349 e. The molecule has 1 amide bonds. The molecule has 0 saturated heterocycles. The number of nitrogens with zero attached hydrogens (tertiary/aromatic N) is 1. The van der Waals surface area contributed by atoms with Crippen molar-refractivity contribution in [2.24, 2.45) is 0 Å². The zero-order valence-electron chi connectivity index (χ0n) is 16.5. The molecule has 0 radical (unpaired) electrons. The van der Waals surface area contributed by atoms with E-state index in [1.165, 1.54) is 0 Å². The number of hydrogen-bond donors (Lipinski definition) is 1. The zero-order valence-corrected chi connectivity index (χ0v) is 16.5. The minimum absolute atomic E-state index is 0.0305. The van der Waals surface area contributed by atoms with E-state index in [1.807, 2.05) is 51.4 Å². The number of nitrogens with one attached hydrogen (secondary N) is 1. The van der Waals surface area contributed by atoms with Gasteiger partial charge in [0.1, 0.15) is 16.9 Å². The first-order valence-electron chi connectivity index (χ1n) is 9.11. The molecule has 28 heavy (non-hydrogen) atoms. The summed E-state index contributed by atoms with van der Waals surface area (Å²) in [5.41, 5.74) is 2.32. The quantitative estimate of drug-likeness (QED) is 0.661. The number of anilines is 1. The average molecular weight is 380 g/mol. The van der Waals surface area contributed by atoms with E-state index in [9.17, 15) is 9.59 Å². The van der Waals surface area contributed by atoms with Crippen molar-refractivity contribution in [3.05, 3.63) is 69.6 Å². The first-order chi connectivity index (χ1) is 13.4. The predicted molar refractivity (Wildman–Crippen MR) is 110 cm³/mol. The van der Waals surface area contributed by atoms with E-state index in [0.717, 1.165) is 17.7 Å². The first kappa shape index (κ1) is 19.6. The number of ether oxygens (including phenoxy) is 1. The maximum absolute atomic E-state index is 12.6. The summed E-state index contributed by atoms with van der Waals surface area (Å²) < 4.78 is 10.8. The fraction of sp³-hybridized carbons (Fsp3) is 0.273. The van der Waals surface area contributed by atoms with Gasteiger partial charge in [-0.3, -0.25) is 4.79 Å². The van der Waals surface area contributed by atoms with Crippen LogP contribution in [0.3, 0.4) is 0 Å². The normalized spacial score (nSPS) is 11.0. The second-order valence-electron chi connectivity index (χ2n) is 6.85. The molecule has 0 spiro atoms. The van der Waals surface area contributed by atoms with Gasteiger partial charge in [-0.05, 0) is 56.4 Å². The molecule has 0 aliphatic heterocycles. The van der Waals surface area contributed by atoms with Crippen LogP contribution < -0.4 is 15.7 Å². The second-order valence-corrected chi connectivity index (χ2v) is 6.85. The number of benzene rings is 2. The number of methoxy groups -OCH3 is 1. The van der Waals surface area contributed by atoms with Crippen LogP contribution in [-0.2, 0) is 13.0 Å². The Hall–Kier alpha value is -3.12. The van der Waals surface area contributed by atoms with Gasteiger partial charge in [-0.15, -0.1) is 0 Å². The van der Waals surface area contributed by atoms with Gasteiger partial charge in [-0.2, -0.15) is 0 Å². The minimum Gasteiger partial charge on any atom is -0.496 e. The van der Waals surface area contributed by atoms with Gasteiger partial charge in [0.2, 0.25) is 0 Å². The van der Waals surface area contributed by atoms with E-state index in [1.54, 1.807) is 19.2 Å². The molecule has 1 N–H and O–H groups in total. The fourth-order valence-corrected chi connectivity index (χ4v) is 3.17. The lowest BCUT2D eigenvalue weighted by atomic mass is 10.1. The Morgan fingerprint density at radius 2 is 1.86 bits per heavy atom. The summed E-state index contributed by atoms with van der Waals surface area (Å²) in [6.45, 7) is 2.77. The van der Waals surface area contributed by atoms with Crippen LogP contribution in [0.1, 0.15) is 28.4 Å². The number of carbonyl (C=O) groups is 1. The highest BCUT2D eigenvalue weighted by molar-refractivity contribution is 6.05. The van der Waals surface area contributed by atoms with Crippen LogP contribution in [0.4, 0.5) is 5.69 Å². The van der Waals surface area contributed by atoms with Gasteiger partial charge in [-0.25, -0.2) is 4.79 Å². The molecular weight excluding hydrogens is 356 g/mol. The molecule has 6 heteroatoms. The third kappa shape index (κ3) is 4.07. The molecule has 0 saturated carbocycles. The van der Waals surface area contributed by atoms with Crippen LogP contribution in [0.2, 0.25) is 0 Å². The van der Waals surface area contributed by atoms with Crippen molar-refractivity contribution >= 4 is 22.6 Å². The Morgan fingerprint density at radius 1 is 1.14 bits per heavy atom. The van der Waals surface area contributed by atoms with Gasteiger partial charge >= 0.3 is 5.63 Å². The molecule has 3 aromatic rings. The van der Waals surface area contributed by atoms with Gasteiger partial charge in [0.15, 0.2) is 0 Å². The largest absolute Gasteiger partial charge is 0.496 e. The topological polar surface area (TPSA) is 71.8 Å². The van der Waals surface area contributed by atoms with Crippen molar-refractivity contribution in [1.29, 1.82) is 0 Å². The lowest BCUT2D eigenvalue weighted by molar-refractivity contribution is 0.102. The average Bonchev–Trinajstić information content (AvgIpc) is 2.67. The molecule has 0 aliphatic rings. The third-order valence-electron chi connectivity index (χ3n) is 4.49. The third-order valence-corrected chi connectivity index (χ3v) is 4.49. The highest BCUT2D eigenvalue weighted by atomic mass is 16.5. The van der Waals surface area contributed by atoms with E-state index in [2.05, 4.69) is 10.2 Å². The van der Waals surface area contributed by atoms with E-state index in [-0.39, 0.29) is 5.56 Å². The van der Waals surface area contributed by atoms with Crippen LogP contribution >= 0.6 is 0 Å². The maximum atomic E-state index is 12.6. The van der Waals surface area contributed by atoms with Crippen molar-refractivity contribution in [1.82, 2.24) is 4.90 Å². The van der Waals surface area contributed by atoms with Gasteiger partial charge in [0, 0.05) is 23.2 Å². The number of fused-ring (bicyclic) bond motifs is 1. The van der Waals surface area contributed by atoms with Crippen LogP contribution in [0.15, 0.2) is 51.7 Å². The summed E-state index contributed by atoms with van der Waals surface area (Å²) in [5, 5.41) is 3.44. The molecular formula is C22H24N2O4. The molecule has 0 bridgehead atoms. The summed E-state index contributed by atoms with van der Waals surface area (Å²) in [7, 11) is 5.56. The van der Waals surface area contributed by atoms with Crippen molar-refractivity contribution in [3.63, 3.8) is 0 Å². The Morgan fingerprint density at radius 3 is 2.46 bits per heavy atom. The molecule has 3 rings (SSSR count). The van der Waals surface area contributed by atoms with Crippen LogP contribution in [-0.4, -0.2) is 32.0 Å². The molecule has 1 aromatic heterocycles.